The van der Waals surface area contributed by atoms with Crippen molar-refractivity contribution in [3.8, 4) is 0 Å². The van der Waals surface area contributed by atoms with Crippen molar-refractivity contribution in [3.63, 3.8) is 0 Å². The van der Waals surface area contributed by atoms with Gasteiger partial charge in [-0.3, -0.25) is 0 Å². The van der Waals surface area contributed by atoms with Gasteiger partial charge in [-0.25, -0.2) is 0 Å². The second kappa shape index (κ2) is 5.28. The molecular formula is C18H29N. The summed E-state index contributed by atoms with van der Waals surface area (Å²) < 4.78 is 0. The SMILES string of the molecule is Cc1cccc(C)c1CC1(N)CCCC(C)(C)CC1. The monoisotopic (exact) mass is 259 g/mol. The van der Waals surface area contributed by atoms with Gasteiger partial charge >= 0.3 is 0 Å². The van der Waals surface area contributed by atoms with Crippen molar-refractivity contribution in [1.29, 1.82) is 0 Å². The maximum atomic E-state index is 6.75. The average Bonchev–Trinajstić information content (AvgIpc) is 2.44. The first-order chi connectivity index (χ1) is 8.81. The van der Waals surface area contributed by atoms with Crippen LogP contribution >= 0.6 is 0 Å². The molecule has 1 nitrogen and oxygen atoms in total. The number of hydrogen-bond acceptors (Lipinski definition) is 1. The zero-order chi connectivity index (χ0) is 14.1. The molecule has 0 saturated heterocycles. The molecule has 1 aromatic carbocycles. The van der Waals surface area contributed by atoms with Crippen molar-refractivity contribution >= 4 is 0 Å². The molecule has 2 N–H and O–H groups in total. The quantitative estimate of drug-likeness (QED) is 0.776. The van der Waals surface area contributed by atoms with E-state index in [2.05, 4.69) is 45.9 Å². The highest BCUT2D eigenvalue weighted by Gasteiger charge is 2.33. The summed E-state index contributed by atoms with van der Waals surface area (Å²) in [7, 11) is 0. The summed E-state index contributed by atoms with van der Waals surface area (Å²) >= 11 is 0. The van der Waals surface area contributed by atoms with E-state index >= 15 is 0 Å². The minimum Gasteiger partial charge on any atom is -0.325 e. The van der Waals surface area contributed by atoms with E-state index in [0.29, 0.717) is 5.41 Å². The second-order valence-corrected chi connectivity index (χ2v) is 7.43. The first-order valence-electron chi connectivity index (χ1n) is 7.65. The molecule has 0 aromatic heterocycles. The second-order valence-electron chi connectivity index (χ2n) is 7.43. The van der Waals surface area contributed by atoms with Gasteiger partial charge in [-0.1, -0.05) is 38.5 Å². The van der Waals surface area contributed by atoms with Crippen LogP contribution in [0.3, 0.4) is 0 Å². The molecule has 1 aliphatic carbocycles. The van der Waals surface area contributed by atoms with Crippen molar-refractivity contribution < 1.29 is 0 Å². The molecule has 19 heavy (non-hydrogen) atoms. The summed E-state index contributed by atoms with van der Waals surface area (Å²) in [6.45, 7) is 9.20. The van der Waals surface area contributed by atoms with Crippen molar-refractivity contribution in [3.05, 3.63) is 34.9 Å². The Morgan fingerprint density at radius 1 is 1.00 bits per heavy atom. The first kappa shape index (κ1) is 14.6. The molecule has 106 valence electrons. The predicted molar refractivity (Wildman–Crippen MR) is 83.4 cm³/mol. The van der Waals surface area contributed by atoms with Crippen molar-refractivity contribution in [2.24, 2.45) is 11.1 Å². The Kier molecular flexibility index (Phi) is 4.06. The molecule has 2 rings (SSSR count). The van der Waals surface area contributed by atoms with Crippen LogP contribution in [0.25, 0.3) is 0 Å². The van der Waals surface area contributed by atoms with Crippen LogP contribution in [0.2, 0.25) is 0 Å². The van der Waals surface area contributed by atoms with Crippen molar-refractivity contribution in [2.75, 3.05) is 0 Å². The lowest BCUT2D eigenvalue weighted by Crippen LogP contribution is -2.42. The van der Waals surface area contributed by atoms with Gasteiger partial charge in [0.05, 0.1) is 0 Å². The molecule has 1 saturated carbocycles. The number of hydrogen-bond donors (Lipinski definition) is 1. The molecule has 1 heteroatoms. The van der Waals surface area contributed by atoms with Gasteiger partial charge in [0.2, 0.25) is 0 Å². The van der Waals surface area contributed by atoms with Crippen LogP contribution in [0, 0.1) is 19.3 Å². The standard InChI is InChI=1S/C18H29N/c1-14-7-5-8-15(2)16(14)13-18(19)10-6-9-17(3,4)11-12-18/h5,7-8H,6,9-13,19H2,1-4H3. The van der Waals surface area contributed by atoms with Gasteiger partial charge in [0.25, 0.3) is 0 Å². The lowest BCUT2D eigenvalue weighted by molar-refractivity contribution is 0.297. The van der Waals surface area contributed by atoms with Gasteiger partial charge in [0.1, 0.15) is 0 Å². The van der Waals surface area contributed by atoms with Gasteiger partial charge in [0, 0.05) is 5.54 Å². The Morgan fingerprint density at radius 2 is 1.63 bits per heavy atom. The minimum atomic E-state index is 0.00461. The summed E-state index contributed by atoms with van der Waals surface area (Å²) in [6, 6.07) is 6.58. The Balaban J connectivity index is 2.17. The highest BCUT2D eigenvalue weighted by molar-refractivity contribution is 5.35. The summed E-state index contributed by atoms with van der Waals surface area (Å²) in [5, 5.41) is 0. The Morgan fingerprint density at radius 3 is 2.26 bits per heavy atom. The van der Waals surface area contributed by atoms with E-state index in [1.54, 1.807) is 0 Å². The molecular weight excluding hydrogens is 230 g/mol. The van der Waals surface area contributed by atoms with Crippen LogP contribution in [0.4, 0.5) is 0 Å². The number of rotatable bonds is 2. The molecule has 1 aliphatic rings. The van der Waals surface area contributed by atoms with Gasteiger partial charge in [-0.05, 0) is 68.1 Å². The topological polar surface area (TPSA) is 26.0 Å². The van der Waals surface area contributed by atoms with Gasteiger partial charge in [-0.15, -0.1) is 0 Å². The number of benzene rings is 1. The molecule has 0 heterocycles. The molecule has 0 amide bonds. The molecule has 0 bridgehead atoms. The zero-order valence-electron chi connectivity index (χ0n) is 13.1. The molecule has 1 aromatic rings. The Hall–Kier alpha value is -0.820. The predicted octanol–water partition coefficient (Wildman–Crippen LogP) is 4.53. The lowest BCUT2D eigenvalue weighted by atomic mass is 9.80. The molecule has 1 atom stereocenters. The Bertz CT molecular complexity index is 427. The van der Waals surface area contributed by atoms with Gasteiger partial charge in [-0.2, -0.15) is 0 Å². The average molecular weight is 259 g/mol. The summed E-state index contributed by atoms with van der Waals surface area (Å²) in [5.41, 5.74) is 11.5. The summed E-state index contributed by atoms with van der Waals surface area (Å²) in [4.78, 5) is 0. The van der Waals surface area contributed by atoms with Gasteiger partial charge in [0.15, 0.2) is 0 Å². The molecule has 0 radical (unpaired) electrons. The van der Waals surface area contributed by atoms with Crippen LogP contribution < -0.4 is 5.73 Å². The molecule has 0 spiro atoms. The number of nitrogens with two attached hydrogens (primary N) is 1. The first-order valence-corrected chi connectivity index (χ1v) is 7.65. The van der Waals surface area contributed by atoms with Crippen LogP contribution in [0.5, 0.6) is 0 Å². The van der Waals surface area contributed by atoms with Crippen LogP contribution in [0.15, 0.2) is 18.2 Å². The smallest absolute Gasteiger partial charge is 0.0195 e. The normalized spacial score (nSPS) is 27.0. The van der Waals surface area contributed by atoms with Gasteiger partial charge < -0.3 is 5.73 Å². The zero-order valence-corrected chi connectivity index (χ0v) is 13.1. The minimum absolute atomic E-state index is 0.00461. The van der Waals surface area contributed by atoms with Crippen LogP contribution in [-0.2, 0) is 6.42 Å². The van der Waals surface area contributed by atoms with E-state index in [-0.39, 0.29) is 5.54 Å². The highest BCUT2D eigenvalue weighted by Crippen LogP contribution is 2.38. The van der Waals surface area contributed by atoms with E-state index in [9.17, 15) is 0 Å². The third-order valence-corrected chi connectivity index (χ3v) is 5.00. The lowest BCUT2D eigenvalue weighted by Gasteiger charge is -2.30. The fraction of sp³-hybridized carbons (Fsp3) is 0.667. The largest absolute Gasteiger partial charge is 0.325 e. The van der Waals surface area contributed by atoms with E-state index in [1.807, 2.05) is 0 Å². The fourth-order valence-corrected chi connectivity index (χ4v) is 3.41. The maximum absolute atomic E-state index is 6.75. The maximum Gasteiger partial charge on any atom is 0.0195 e. The van der Waals surface area contributed by atoms with E-state index in [1.165, 1.54) is 42.4 Å². The Labute approximate surface area is 118 Å². The van der Waals surface area contributed by atoms with Crippen LogP contribution in [0.1, 0.15) is 62.6 Å². The van der Waals surface area contributed by atoms with E-state index in [4.69, 9.17) is 5.73 Å². The molecule has 0 aliphatic heterocycles. The van der Waals surface area contributed by atoms with E-state index in [0.717, 1.165) is 12.8 Å². The number of aryl methyl sites for hydroxylation is 2. The van der Waals surface area contributed by atoms with E-state index < -0.39 is 0 Å². The van der Waals surface area contributed by atoms with Crippen molar-refractivity contribution in [1.82, 2.24) is 0 Å². The summed E-state index contributed by atoms with van der Waals surface area (Å²) in [6.07, 6.45) is 7.22. The molecule has 1 fully saturated rings. The fourth-order valence-electron chi connectivity index (χ4n) is 3.41. The van der Waals surface area contributed by atoms with Crippen molar-refractivity contribution in [2.45, 2.75) is 71.8 Å². The van der Waals surface area contributed by atoms with Crippen LogP contribution in [-0.4, -0.2) is 5.54 Å². The molecule has 1 unspecified atom stereocenters. The third kappa shape index (κ3) is 3.60. The highest BCUT2D eigenvalue weighted by atomic mass is 14.7. The third-order valence-electron chi connectivity index (χ3n) is 5.00. The summed E-state index contributed by atoms with van der Waals surface area (Å²) in [5.74, 6) is 0.